The van der Waals surface area contributed by atoms with Gasteiger partial charge in [0.05, 0.1) is 12.0 Å². The molecular weight excluding hydrogens is 262 g/mol. The highest BCUT2D eigenvalue weighted by atomic mass is 35.5. The molecule has 5 heteroatoms. The number of ether oxygens (including phenoxy) is 1. The number of methoxy groups -OCH3 is 1. The monoisotopic (exact) mass is 281 g/mol. The third-order valence-corrected chi connectivity index (χ3v) is 3.36. The average Bonchev–Trinajstić information content (AvgIpc) is 2.70. The molecule has 2 atom stereocenters. The van der Waals surface area contributed by atoms with Gasteiger partial charge in [0.25, 0.3) is 0 Å². The van der Waals surface area contributed by atoms with Gasteiger partial charge < -0.3 is 9.30 Å². The first-order valence-electron chi connectivity index (χ1n) is 6.49. The summed E-state index contributed by atoms with van der Waals surface area (Å²) in [5.74, 6) is 1.26. The summed E-state index contributed by atoms with van der Waals surface area (Å²) >= 11 is 6.25. The molecule has 0 fully saturated rings. The van der Waals surface area contributed by atoms with Crippen LogP contribution in [0.2, 0.25) is 0 Å². The molecular formula is C14H20ClN3O. The van der Waals surface area contributed by atoms with E-state index in [1.807, 2.05) is 26.1 Å². The van der Waals surface area contributed by atoms with Crippen LogP contribution in [0.15, 0.2) is 12.3 Å². The molecule has 0 N–H and O–H groups in total. The fraction of sp³-hybridized carbons (Fsp3) is 0.571. The lowest BCUT2D eigenvalue weighted by Gasteiger charge is -2.15. The summed E-state index contributed by atoms with van der Waals surface area (Å²) in [7, 11) is 1.72. The first-order valence-corrected chi connectivity index (χ1v) is 6.93. The number of rotatable bonds is 5. The van der Waals surface area contributed by atoms with Crippen molar-refractivity contribution in [3.05, 3.63) is 23.7 Å². The molecule has 0 saturated carbocycles. The summed E-state index contributed by atoms with van der Waals surface area (Å²) in [6, 6.07) is 1.97. The van der Waals surface area contributed by atoms with Crippen LogP contribution in [0.5, 0.6) is 0 Å². The standard InChI is InChI=1S/C14H20ClN3O/c1-9(8-19-4)7-18-13(11(3)15)17-12-10(2)5-6-16-14(12)18/h5-6,9,11H,7-8H2,1-4H3. The van der Waals surface area contributed by atoms with Crippen molar-refractivity contribution in [3.8, 4) is 0 Å². The zero-order chi connectivity index (χ0) is 14.0. The minimum atomic E-state index is -0.136. The van der Waals surface area contributed by atoms with Gasteiger partial charge in [-0.1, -0.05) is 6.92 Å². The van der Waals surface area contributed by atoms with Crippen LogP contribution in [0.3, 0.4) is 0 Å². The van der Waals surface area contributed by atoms with Crippen molar-refractivity contribution in [1.82, 2.24) is 14.5 Å². The first-order chi connectivity index (χ1) is 9.04. The van der Waals surface area contributed by atoms with Gasteiger partial charge in [-0.05, 0) is 31.4 Å². The second kappa shape index (κ2) is 5.88. The maximum atomic E-state index is 6.25. The molecule has 2 aromatic rings. The molecule has 104 valence electrons. The highest BCUT2D eigenvalue weighted by Gasteiger charge is 2.18. The van der Waals surface area contributed by atoms with Crippen LogP contribution in [0.25, 0.3) is 11.2 Å². The normalized spacial score (nSPS) is 14.8. The van der Waals surface area contributed by atoms with Gasteiger partial charge in [0.15, 0.2) is 5.65 Å². The van der Waals surface area contributed by atoms with E-state index in [1.54, 1.807) is 7.11 Å². The Balaban J connectivity index is 2.49. The number of hydrogen-bond donors (Lipinski definition) is 0. The van der Waals surface area contributed by atoms with Crippen molar-refractivity contribution >= 4 is 22.8 Å². The summed E-state index contributed by atoms with van der Waals surface area (Å²) in [5.41, 5.74) is 2.97. The number of aromatic nitrogens is 3. The van der Waals surface area contributed by atoms with E-state index in [0.717, 1.165) is 29.1 Å². The Kier molecular flexibility index (Phi) is 4.42. The zero-order valence-electron chi connectivity index (χ0n) is 11.9. The number of fused-ring (bicyclic) bond motifs is 1. The van der Waals surface area contributed by atoms with Gasteiger partial charge in [-0.3, -0.25) is 0 Å². The topological polar surface area (TPSA) is 39.9 Å². The molecule has 0 bridgehead atoms. The van der Waals surface area contributed by atoms with Gasteiger partial charge >= 0.3 is 0 Å². The molecule has 2 aromatic heterocycles. The van der Waals surface area contributed by atoms with Crippen LogP contribution in [-0.4, -0.2) is 28.3 Å². The number of alkyl halides is 1. The molecule has 2 unspecified atom stereocenters. The predicted molar refractivity (Wildman–Crippen MR) is 77.6 cm³/mol. The van der Waals surface area contributed by atoms with E-state index >= 15 is 0 Å². The summed E-state index contributed by atoms with van der Waals surface area (Å²) in [5, 5.41) is -0.136. The van der Waals surface area contributed by atoms with Crippen molar-refractivity contribution in [2.45, 2.75) is 32.7 Å². The number of imidazole rings is 1. The molecule has 0 saturated heterocycles. The molecule has 2 heterocycles. The Morgan fingerprint density at radius 2 is 2.16 bits per heavy atom. The summed E-state index contributed by atoms with van der Waals surface area (Å²) in [4.78, 5) is 9.11. The first kappa shape index (κ1) is 14.3. The van der Waals surface area contributed by atoms with Crippen LogP contribution in [-0.2, 0) is 11.3 Å². The number of hydrogen-bond acceptors (Lipinski definition) is 3. The fourth-order valence-corrected chi connectivity index (χ4v) is 2.45. The lowest BCUT2D eigenvalue weighted by molar-refractivity contribution is 0.151. The minimum absolute atomic E-state index is 0.136. The second-order valence-electron chi connectivity index (χ2n) is 5.06. The molecule has 0 aliphatic carbocycles. The third-order valence-electron chi connectivity index (χ3n) is 3.17. The summed E-state index contributed by atoms with van der Waals surface area (Å²) in [6.45, 7) is 7.65. The molecule has 4 nitrogen and oxygen atoms in total. The van der Waals surface area contributed by atoms with Gasteiger partial charge in [-0.2, -0.15) is 0 Å². The van der Waals surface area contributed by atoms with Crippen molar-refractivity contribution in [2.75, 3.05) is 13.7 Å². The van der Waals surface area contributed by atoms with Crippen molar-refractivity contribution in [1.29, 1.82) is 0 Å². The molecule has 0 spiro atoms. The van der Waals surface area contributed by atoms with E-state index in [2.05, 4.69) is 21.5 Å². The Morgan fingerprint density at radius 1 is 1.42 bits per heavy atom. The number of halogens is 1. The number of nitrogens with zero attached hydrogens (tertiary/aromatic N) is 3. The van der Waals surface area contributed by atoms with Crippen LogP contribution in [0.1, 0.15) is 30.6 Å². The van der Waals surface area contributed by atoms with E-state index in [-0.39, 0.29) is 5.38 Å². The highest BCUT2D eigenvalue weighted by molar-refractivity contribution is 6.20. The minimum Gasteiger partial charge on any atom is -0.384 e. The van der Waals surface area contributed by atoms with Gasteiger partial charge in [0, 0.05) is 19.9 Å². The maximum absolute atomic E-state index is 6.25. The van der Waals surface area contributed by atoms with Gasteiger partial charge in [-0.15, -0.1) is 11.6 Å². The average molecular weight is 282 g/mol. The molecule has 2 rings (SSSR count). The molecule has 0 aliphatic rings. The van der Waals surface area contributed by atoms with E-state index < -0.39 is 0 Å². The van der Waals surface area contributed by atoms with E-state index in [4.69, 9.17) is 16.3 Å². The van der Waals surface area contributed by atoms with Crippen molar-refractivity contribution in [2.24, 2.45) is 5.92 Å². The fourth-order valence-electron chi connectivity index (χ4n) is 2.29. The Bertz CT molecular complexity index is 565. The Morgan fingerprint density at radius 3 is 2.79 bits per heavy atom. The van der Waals surface area contributed by atoms with Gasteiger partial charge in [0.1, 0.15) is 11.3 Å². The van der Waals surface area contributed by atoms with Crippen LogP contribution < -0.4 is 0 Å². The summed E-state index contributed by atoms with van der Waals surface area (Å²) in [6.07, 6.45) is 1.82. The highest BCUT2D eigenvalue weighted by Crippen LogP contribution is 2.25. The predicted octanol–water partition coefficient (Wildman–Crippen LogP) is 3.32. The molecule has 19 heavy (non-hydrogen) atoms. The van der Waals surface area contributed by atoms with Crippen molar-refractivity contribution < 1.29 is 4.74 Å². The smallest absolute Gasteiger partial charge is 0.160 e. The number of aryl methyl sites for hydroxylation is 1. The molecule has 0 amide bonds. The van der Waals surface area contributed by atoms with Gasteiger partial charge in [-0.25, -0.2) is 9.97 Å². The largest absolute Gasteiger partial charge is 0.384 e. The molecule has 0 aliphatic heterocycles. The Hall–Kier alpha value is -1.13. The van der Waals surface area contributed by atoms with Gasteiger partial charge in [0.2, 0.25) is 0 Å². The van der Waals surface area contributed by atoms with E-state index in [0.29, 0.717) is 12.5 Å². The SMILES string of the molecule is COCC(C)Cn1c(C(C)Cl)nc2c(C)ccnc21. The van der Waals surface area contributed by atoms with E-state index in [9.17, 15) is 0 Å². The lowest BCUT2D eigenvalue weighted by Crippen LogP contribution is -2.15. The van der Waals surface area contributed by atoms with E-state index in [1.165, 1.54) is 0 Å². The van der Waals surface area contributed by atoms with Crippen LogP contribution in [0.4, 0.5) is 0 Å². The number of pyridine rings is 1. The van der Waals surface area contributed by atoms with Crippen LogP contribution >= 0.6 is 11.6 Å². The lowest BCUT2D eigenvalue weighted by atomic mass is 10.2. The Labute approximate surface area is 118 Å². The van der Waals surface area contributed by atoms with Crippen LogP contribution in [0, 0.1) is 12.8 Å². The quantitative estimate of drug-likeness (QED) is 0.789. The van der Waals surface area contributed by atoms with Crippen molar-refractivity contribution in [3.63, 3.8) is 0 Å². The molecule has 0 aromatic carbocycles. The second-order valence-corrected chi connectivity index (χ2v) is 5.71. The summed E-state index contributed by atoms with van der Waals surface area (Å²) < 4.78 is 7.32. The molecule has 0 radical (unpaired) electrons. The maximum Gasteiger partial charge on any atom is 0.160 e. The zero-order valence-corrected chi connectivity index (χ0v) is 12.6. The third kappa shape index (κ3) is 2.90.